The molecule has 21 heavy (non-hydrogen) atoms. The molecule has 4 heterocycles. The van der Waals surface area contributed by atoms with Gasteiger partial charge in [-0.25, -0.2) is 9.50 Å². The van der Waals surface area contributed by atoms with Crippen molar-refractivity contribution in [2.45, 2.75) is 0 Å². The molecule has 102 valence electrons. The molecule has 0 aliphatic rings. The van der Waals surface area contributed by atoms with E-state index in [1.807, 2.05) is 29.9 Å². The second kappa shape index (κ2) is 4.68. The van der Waals surface area contributed by atoms with Crippen LogP contribution in [-0.2, 0) is 0 Å². The SMILES string of the molecule is O=c1cc(-c2cnc3c(-c4ccsc4)cnn3c2)cc[nH]1. The normalized spacial score (nSPS) is 11.0. The van der Waals surface area contributed by atoms with Gasteiger partial charge in [0.25, 0.3) is 0 Å². The molecule has 0 fully saturated rings. The second-order valence-corrected chi connectivity index (χ2v) is 5.40. The molecule has 0 atom stereocenters. The number of aromatic amines is 1. The lowest BCUT2D eigenvalue weighted by Gasteiger charge is -2.02. The molecule has 0 aliphatic heterocycles. The lowest BCUT2D eigenvalue weighted by atomic mass is 10.1. The maximum atomic E-state index is 11.4. The van der Waals surface area contributed by atoms with Crippen LogP contribution in [0, 0.1) is 0 Å². The highest BCUT2D eigenvalue weighted by atomic mass is 32.1. The van der Waals surface area contributed by atoms with Gasteiger partial charge in [-0.2, -0.15) is 16.4 Å². The summed E-state index contributed by atoms with van der Waals surface area (Å²) in [6.45, 7) is 0. The maximum Gasteiger partial charge on any atom is 0.248 e. The number of fused-ring (bicyclic) bond motifs is 1. The molecule has 4 aromatic rings. The fourth-order valence-electron chi connectivity index (χ4n) is 2.27. The summed E-state index contributed by atoms with van der Waals surface area (Å²) in [5.74, 6) is 0. The Balaban J connectivity index is 1.87. The summed E-state index contributed by atoms with van der Waals surface area (Å²) in [6.07, 6.45) is 7.09. The van der Waals surface area contributed by atoms with E-state index < -0.39 is 0 Å². The van der Waals surface area contributed by atoms with Crippen molar-refractivity contribution in [1.29, 1.82) is 0 Å². The molecular formula is C15H10N4OS. The smallest absolute Gasteiger partial charge is 0.248 e. The zero-order valence-corrected chi connectivity index (χ0v) is 11.7. The molecule has 0 aliphatic carbocycles. The average molecular weight is 294 g/mol. The first-order valence-electron chi connectivity index (χ1n) is 6.36. The van der Waals surface area contributed by atoms with E-state index in [1.165, 1.54) is 0 Å². The molecular weight excluding hydrogens is 284 g/mol. The quantitative estimate of drug-likeness (QED) is 0.618. The Hall–Kier alpha value is -2.73. The highest BCUT2D eigenvalue weighted by molar-refractivity contribution is 7.08. The van der Waals surface area contributed by atoms with Gasteiger partial charge in [0, 0.05) is 35.8 Å². The molecule has 0 amide bonds. The maximum absolute atomic E-state index is 11.4. The van der Waals surface area contributed by atoms with Crippen molar-refractivity contribution >= 4 is 17.0 Å². The average Bonchev–Trinajstić information content (AvgIpc) is 3.15. The van der Waals surface area contributed by atoms with Gasteiger partial charge in [-0.1, -0.05) is 0 Å². The number of hydrogen-bond acceptors (Lipinski definition) is 4. The van der Waals surface area contributed by atoms with Crippen molar-refractivity contribution in [1.82, 2.24) is 19.6 Å². The highest BCUT2D eigenvalue weighted by Crippen LogP contribution is 2.26. The fourth-order valence-corrected chi connectivity index (χ4v) is 2.93. The van der Waals surface area contributed by atoms with Crippen LogP contribution in [0.5, 0.6) is 0 Å². The van der Waals surface area contributed by atoms with Crippen LogP contribution in [0.4, 0.5) is 0 Å². The van der Waals surface area contributed by atoms with Crippen LogP contribution in [0.15, 0.2) is 58.5 Å². The van der Waals surface area contributed by atoms with Crippen LogP contribution >= 0.6 is 11.3 Å². The summed E-state index contributed by atoms with van der Waals surface area (Å²) < 4.78 is 1.74. The van der Waals surface area contributed by atoms with Crippen LogP contribution in [0.2, 0.25) is 0 Å². The Labute approximate surface area is 123 Å². The van der Waals surface area contributed by atoms with Crippen LogP contribution in [0.3, 0.4) is 0 Å². The summed E-state index contributed by atoms with van der Waals surface area (Å²) in [6, 6.07) is 5.44. The van der Waals surface area contributed by atoms with Gasteiger partial charge < -0.3 is 4.98 Å². The largest absolute Gasteiger partial charge is 0.329 e. The van der Waals surface area contributed by atoms with Gasteiger partial charge in [-0.05, 0) is 34.0 Å². The van der Waals surface area contributed by atoms with Crippen molar-refractivity contribution < 1.29 is 0 Å². The number of nitrogens with zero attached hydrogens (tertiary/aromatic N) is 3. The molecule has 0 bridgehead atoms. The Bertz CT molecular complexity index is 969. The molecule has 0 spiro atoms. The third-order valence-electron chi connectivity index (χ3n) is 3.30. The molecule has 4 rings (SSSR count). The van der Waals surface area contributed by atoms with Gasteiger partial charge >= 0.3 is 0 Å². The van der Waals surface area contributed by atoms with Crippen molar-refractivity contribution in [3.8, 4) is 22.3 Å². The highest BCUT2D eigenvalue weighted by Gasteiger charge is 2.09. The molecule has 0 saturated carbocycles. The number of aromatic nitrogens is 4. The van der Waals surface area contributed by atoms with Gasteiger partial charge in [0.2, 0.25) is 5.56 Å². The molecule has 0 saturated heterocycles. The molecule has 6 heteroatoms. The number of rotatable bonds is 2. The van der Waals surface area contributed by atoms with E-state index in [4.69, 9.17) is 0 Å². The predicted molar refractivity (Wildman–Crippen MR) is 82.4 cm³/mol. The first kappa shape index (κ1) is 12.0. The van der Waals surface area contributed by atoms with Crippen molar-refractivity contribution in [2.24, 2.45) is 0 Å². The minimum atomic E-state index is -0.132. The summed E-state index contributed by atoms with van der Waals surface area (Å²) in [7, 11) is 0. The summed E-state index contributed by atoms with van der Waals surface area (Å²) in [5.41, 5.74) is 4.48. The summed E-state index contributed by atoms with van der Waals surface area (Å²) >= 11 is 1.64. The predicted octanol–water partition coefficient (Wildman–Crippen LogP) is 2.81. The summed E-state index contributed by atoms with van der Waals surface area (Å²) in [4.78, 5) is 18.5. The molecule has 1 N–H and O–H groups in total. The number of thiophene rings is 1. The summed E-state index contributed by atoms with van der Waals surface area (Å²) in [5, 5.41) is 8.46. The molecule has 0 radical (unpaired) electrons. The molecule has 0 unspecified atom stereocenters. The van der Waals surface area contributed by atoms with Crippen molar-refractivity contribution in [3.05, 3.63) is 64.1 Å². The second-order valence-electron chi connectivity index (χ2n) is 4.62. The first-order chi connectivity index (χ1) is 10.3. The van der Waals surface area contributed by atoms with Gasteiger partial charge in [-0.15, -0.1) is 0 Å². The van der Waals surface area contributed by atoms with Gasteiger partial charge in [-0.3, -0.25) is 4.79 Å². The number of nitrogens with one attached hydrogen (secondary N) is 1. The minimum absolute atomic E-state index is 0.132. The van der Waals surface area contributed by atoms with E-state index in [2.05, 4.69) is 20.4 Å². The van der Waals surface area contributed by atoms with E-state index in [1.54, 1.807) is 34.3 Å². The molecule has 5 nitrogen and oxygen atoms in total. The van der Waals surface area contributed by atoms with Gasteiger partial charge in [0.1, 0.15) is 0 Å². The zero-order chi connectivity index (χ0) is 14.2. The van der Waals surface area contributed by atoms with Crippen molar-refractivity contribution in [2.75, 3.05) is 0 Å². The van der Waals surface area contributed by atoms with Crippen LogP contribution < -0.4 is 5.56 Å². The van der Waals surface area contributed by atoms with Crippen molar-refractivity contribution in [3.63, 3.8) is 0 Å². The third-order valence-corrected chi connectivity index (χ3v) is 3.98. The Morgan fingerprint density at radius 1 is 1.14 bits per heavy atom. The fraction of sp³-hybridized carbons (Fsp3) is 0. The molecule has 0 aromatic carbocycles. The third kappa shape index (κ3) is 2.05. The van der Waals surface area contributed by atoms with Crippen LogP contribution in [0.25, 0.3) is 27.9 Å². The van der Waals surface area contributed by atoms with E-state index in [-0.39, 0.29) is 5.56 Å². The Morgan fingerprint density at radius 2 is 2.10 bits per heavy atom. The Kier molecular flexibility index (Phi) is 2.68. The number of hydrogen-bond donors (Lipinski definition) is 1. The zero-order valence-electron chi connectivity index (χ0n) is 10.9. The van der Waals surface area contributed by atoms with Crippen LogP contribution in [-0.4, -0.2) is 19.6 Å². The lowest BCUT2D eigenvalue weighted by molar-refractivity contribution is 0.941. The number of H-pyrrole nitrogens is 1. The van der Waals surface area contributed by atoms with Gasteiger partial charge in [0.05, 0.1) is 6.20 Å². The van der Waals surface area contributed by atoms with Crippen LogP contribution in [0.1, 0.15) is 0 Å². The number of pyridine rings is 1. The standard InChI is InChI=1S/C15H10N4OS/c20-14-5-10(1-3-16-14)12-6-17-15-13(7-18-19(15)8-12)11-2-4-21-9-11/h1-9H,(H,16,20). The van der Waals surface area contributed by atoms with E-state index >= 15 is 0 Å². The minimum Gasteiger partial charge on any atom is -0.329 e. The Morgan fingerprint density at radius 3 is 2.90 bits per heavy atom. The van der Waals surface area contributed by atoms with Gasteiger partial charge in [0.15, 0.2) is 5.65 Å². The first-order valence-corrected chi connectivity index (χ1v) is 7.30. The molecule has 4 aromatic heterocycles. The van der Waals surface area contributed by atoms with E-state index in [0.29, 0.717) is 0 Å². The topological polar surface area (TPSA) is 63.1 Å². The van der Waals surface area contributed by atoms with E-state index in [9.17, 15) is 4.79 Å². The monoisotopic (exact) mass is 294 g/mol. The van der Waals surface area contributed by atoms with E-state index in [0.717, 1.165) is 27.9 Å². The lowest BCUT2D eigenvalue weighted by Crippen LogP contribution is -2.02.